The van der Waals surface area contributed by atoms with Crippen molar-refractivity contribution < 1.29 is 14.3 Å². The van der Waals surface area contributed by atoms with E-state index in [0.717, 1.165) is 17.9 Å². The third kappa shape index (κ3) is 4.90. The number of ether oxygens (including phenoxy) is 1. The van der Waals surface area contributed by atoms with Crippen LogP contribution in [0.15, 0.2) is 29.0 Å². The Morgan fingerprint density at radius 2 is 1.94 bits per heavy atom. The number of nitrogens with zero attached hydrogens (tertiary/aromatic N) is 2. The van der Waals surface area contributed by atoms with Crippen LogP contribution in [0.3, 0.4) is 0 Å². The van der Waals surface area contributed by atoms with Gasteiger partial charge in [0.05, 0.1) is 12.0 Å². The number of hydrogen-bond donors (Lipinski definition) is 2. The first-order chi connectivity index (χ1) is 16.8. The van der Waals surface area contributed by atoms with Gasteiger partial charge in [-0.15, -0.1) is 0 Å². The van der Waals surface area contributed by atoms with Crippen LogP contribution in [0.2, 0.25) is 10.0 Å². The molecule has 1 unspecified atom stereocenters. The lowest BCUT2D eigenvalue weighted by molar-refractivity contribution is -0.134. The summed E-state index contributed by atoms with van der Waals surface area (Å²) < 4.78 is 6.01. The molecule has 1 aromatic rings. The fraction of sp³-hybridized carbons (Fsp3) is 0.577. The first-order valence-corrected chi connectivity index (χ1v) is 13.3. The van der Waals surface area contributed by atoms with Crippen molar-refractivity contribution in [2.24, 2.45) is 22.1 Å². The number of carbonyl (C=O) groups is 2. The first kappa shape index (κ1) is 24.4. The highest BCUT2D eigenvalue weighted by molar-refractivity contribution is 6.37. The predicted molar refractivity (Wildman–Crippen MR) is 138 cm³/mol. The predicted octanol–water partition coefficient (Wildman–Crippen LogP) is 4.91. The van der Waals surface area contributed by atoms with E-state index in [2.05, 4.69) is 28.2 Å². The molecule has 2 aliphatic carbocycles. The van der Waals surface area contributed by atoms with Gasteiger partial charge in [-0.1, -0.05) is 36.5 Å². The number of amidine groups is 1. The van der Waals surface area contributed by atoms with E-state index in [-0.39, 0.29) is 30.3 Å². The molecule has 2 aliphatic heterocycles. The van der Waals surface area contributed by atoms with Gasteiger partial charge in [-0.05, 0) is 62.1 Å². The maximum Gasteiger partial charge on any atom is 0.287 e. The summed E-state index contributed by atoms with van der Waals surface area (Å²) in [7, 11) is 0. The average Bonchev–Trinajstić information content (AvgIpc) is 2.69. The Kier molecular flexibility index (Phi) is 6.75. The number of aliphatic imine (C=N–C) groups is 1. The standard InChI is InChI=1S/C26H32Cl2N4O3/c1-2-4-21(15-11-26(12-15)7-3-8-26)35-25(29)30-16-13-32(14-16)17-9-19(27)23(20(28)10-17)18-5-6-22(33)31-24(18)34/h4,9-10,15-16,18H,2-3,5-8,11-14H2,1H3,(H2,29,30)(H,31,33,34)/b21-4+. The Bertz CT molecular complexity index is 1060. The van der Waals surface area contributed by atoms with Crippen molar-refractivity contribution >= 4 is 46.7 Å². The smallest absolute Gasteiger partial charge is 0.287 e. The van der Waals surface area contributed by atoms with Gasteiger partial charge < -0.3 is 15.4 Å². The van der Waals surface area contributed by atoms with Gasteiger partial charge >= 0.3 is 0 Å². The van der Waals surface area contributed by atoms with Crippen LogP contribution in [0.5, 0.6) is 0 Å². The number of halogens is 2. The normalized spacial score (nSPS) is 25.1. The van der Waals surface area contributed by atoms with E-state index in [9.17, 15) is 9.59 Å². The van der Waals surface area contributed by atoms with Crippen molar-refractivity contribution in [3.8, 4) is 0 Å². The number of hydrogen-bond acceptors (Lipinski definition) is 5. The molecule has 2 saturated carbocycles. The van der Waals surface area contributed by atoms with E-state index in [1.165, 1.54) is 32.1 Å². The van der Waals surface area contributed by atoms with Gasteiger partial charge in [-0.2, -0.15) is 0 Å². The second-order valence-corrected chi connectivity index (χ2v) is 11.2. The molecule has 1 atom stereocenters. The Hall–Kier alpha value is -2.25. The van der Waals surface area contributed by atoms with Crippen molar-refractivity contribution in [3.05, 3.63) is 39.6 Å². The van der Waals surface area contributed by atoms with Crippen LogP contribution in [-0.2, 0) is 14.3 Å². The van der Waals surface area contributed by atoms with Gasteiger partial charge in [0.25, 0.3) is 6.02 Å². The molecule has 7 nitrogen and oxygen atoms in total. The molecule has 2 saturated heterocycles. The minimum absolute atomic E-state index is 0.0320. The lowest BCUT2D eigenvalue weighted by Gasteiger charge is -2.54. The summed E-state index contributed by atoms with van der Waals surface area (Å²) in [5.41, 5.74) is 8.19. The van der Waals surface area contributed by atoms with E-state index in [1.54, 1.807) is 0 Å². The minimum atomic E-state index is -0.521. The molecule has 9 heteroatoms. The van der Waals surface area contributed by atoms with Crippen LogP contribution in [0, 0.1) is 11.3 Å². The molecule has 1 aromatic carbocycles. The molecule has 0 radical (unpaired) electrons. The Morgan fingerprint density at radius 3 is 2.51 bits per heavy atom. The fourth-order valence-corrected chi connectivity index (χ4v) is 6.63. The lowest BCUT2D eigenvalue weighted by Crippen LogP contribution is -2.51. The average molecular weight is 519 g/mol. The largest absolute Gasteiger partial charge is 0.431 e. The summed E-state index contributed by atoms with van der Waals surface area (Å²) in [4.78, 5) is 30.4. The minimum Gasteiger partial charge on any atom is -0.431 e. The van der Waals surface area contributed by atoms with Crippen molar-refractivity contribution in [2.45, 2.75) is 70.3 Å². The maximum atomic E-state index is 12.3. The SMILES string of the molecule is CC/C=C(/OC(N)=NC1CN(c2cc(Cl)c(C3CCC(=O)NC3=O)c(Cl)c2)C1)C1CC2(CCC2)C1. The topological polar surface area (TPSA) is 97.0 Å². The number of anilines is 1. The number of benzene rings is 1. The molecular weight excluding hydrogens is 487 g/mol. The molecule has 4 fully saturated rings. The highest BCUT2D eigenvalue weighted by Gasteiger charge is 2.49. The van der Waals surface area contributed by atoms with E-state index >= 15 is 0 Å². The zero-order chi connectivity index (χ0) is 24.7. The van der Waals surface area contributed by atoms with Crippen LogP contribution in [-0.4, -0.2) is 37.0 Å². The molecule has 2 amide bonds. The number of piperidine rings is 1. The van der Waals surface area contributed by atoms with Gasteiger partial charge in [-0.3, -0.25) is 14.9 Å². The summed E-state index contributed by atoms with van der Waals surface area (Å²) >= 11 is 13.1. The maximum absolute atomic E-state index is 12.3. The van der Waals surface area contributed by atoms with Crippen molar-refractivity contribution in [3.63, 3.8) is 0 Å². The van der Waals surface area contributed by atoms with Gasteiger partial charge in [0.15, 0.2) is 0 Å². The van der Waals surface area contributed by atoms with Crippen LogP contribution >= 0.6 is 23.2 Å². The van der Waals surface area contributed by atoms with Crippen LogP contribution < -0.4 is 16.0 Å². The summed E-state index contributed by atoms with van der Waals surface area (Å²) in [6.45, 7) is 3.46. The van der Waals surface area contributed by atoms with Crippen molar-refractivity contribution in [1.82, 2.24) is 5.32 Å². The van der Waals surface area contributed by atoms with Crippen molar-refractivity contribution in [1.29, 1.82) is 0 Å². The monoisotopic (exact) mass is 518 g/mol. The third-order valence-electron chi connectivity index (χ3n) is 7.99. The van der Waals surface area contributed by atoms with Gasteiger partial charge in [0, 0.05) is 46.7 Å². The van der Waals surface area contributed by atoms with Crippen molar-refractivity contribution in [2.75, 3.05) is 18.0 Å². The molecular formula is C26H32Cl2N4O3. The number of allylic oxidation sites excluding steroid dienone is 2. The number of nitrogens with two attached hydrogens (primary N) is 1. The highest BCUT2D eigenvalue weighted by atomic mass is 35.5. The number of amides is 2. The summed E-state index contributed by atoms with van der Waals surface area (Å²) in [6.07, 6.45) is 10.2. The number of imide groups is 1. The Balaban J connectivity index is 1.18. The van der Waals surface area contributed by atoms with Crippen LogP contribution in [0.1, 0.15) is 69.8 Å². The van der Waals surface area contributed by atoms with Crippen LogP contribution in [0.4, 0.5) is 5.69 Å². The van der Waals surface area contributed by atoms with Crippen LogP contribution in [0.25, 0.3) is 0 Å². The van der Waals surface area contributed by atoms with Gasteiger partial charge in [0.2, 0.25) is 11.8 Å². The summed E-state index contributed by atoms with van der Waals surface area (Å²) in [5, 5.41) is 3.22. The molecule has 0 bridgehead atoms. The Labute approximate surface area is 216 Å². The van der Waals surface area contributed by atoms with Gasteiger partial charge in [-0.25, -0.2) is 4.99 Å². The van der Waals surface area contributed by atoms with E-state index in [4.69, 9.17) is 33.7 Å². The first-order valence-electron chi connectivity index (χ1n) is 12.6. The molecule has 2 heterocycles. The number of rotatable bonds is 6. The molecule has 4 aliphatic rings. The molecule has 0 aromatic heterocycles. The second-order valence-electron chi connectivity index (χ2n) is 10.4. The molecule has 188 valence electrons. The molecule has 3 N–H and O–H groups in total. The summed E-state index contributed by atoms with van der Waals surface area (Å²) in [5.74, 6) is 0.303. The third-order valence-corrected chi connectivity index (χ3v) is 8.62. The van der Waals surface area contributed by atoms with E-state index in [1.807, 2.05) is 12.1 Å². The number of nitrogens with one attached hydrogen (secondary N) is 1. The zero-order valence-corrected chi connectivity index (χ0v) is 21.5. The summed E-state index contributed by atoms with van der Waals surface area (Å²) in [6, 6.07) is 3.90. The zero-order valence-electron chi connectivity index (χ0n) is 20.0. The van der Waals surface area contributed by atoms with E-state index < -0.39 is 5.92 Å². The highest BCUT2D eigenvalue weighted by Crippen LogP contribution is 2.60. The van der Waals surface area contributed by atoms with E-state index in [0.29, 0.717) is 46.5 Å². The number of carbonyl (C=O) groups excluding carboxylic acids is 2. The molecule has 5 rings (SSSR count). The lowest BCUT2D eigenvalue weighted by atomic mass is 9.51. The Morgan fingerprint density at radius 1 is 1.26 bits per heavy atom. The van der Waals surface area contributed by atoms with Gasteiger partial charge in [0.1, 0.15) is 5.76 Å². The second kappa shape index (κ2) is 9.66. The molecule has 1 spiro atoms. The quantitative estimate of drug-likeness (QED) is 0.241. The molecule has 35 heavy (non-hydrogen) atoms. The fourth-order valence-electron chi connectivity index (χ4n) is 5.89.